The van der Waals surface area contributed by atoms with Crippen molar-refractivity contribution in [2.75, 3.05) is 26.1 Å². The number of carbonyl (C=O) groups is 2. The minimum atomic E-state index is -0.992. The van der Waals surface area contributed by atoms with Crippen LogP contribution >= 0.6 is 11.6 Å². The fourth-order valence-electron chi connectivity index (χ4n) is 3.52. The molecule has 1 unspecified atom stereocenters. The van der Waals surface area contributed by atoms with Crippen LogP contribution in [0.15, 0.2) is 30.3 Å². The summed E-state index contributed by atoms with van der Waals surface area (Å²) in [6.07, 6.45) is 0.360. The molecule has 0 saturated heterocycles. The molecule has 29 heavy (non-hydrogen) atoms. The Kier molecular flexibility index (Phi) is 6.17. The lowest BCUT2D eigenvalue weighted by molar-refractivity contribution is -0.138. The molecule has 2 amide bonds. The molecule has 1 aliphatic rings. The van der Waals surface area contributed by atoms with Gasteiger partial charge in [0, 0.05) is 17.3 Å². The molecule has 0 bridgehead atoms. The Morgan fingerprint density at radius 2 is 1.90 bits per heavy atom. The number of benzene rings is 2. The number of methoxy groups -OCH3 is 2. The van der Waals surface area contributed by atoms with Gasteiger partial charge in [0.05, 0.1) is 26.7 Å². The number of halogens is 1. The van der Waals surface area contributed by atoms with E-state index in [2.05, 4.69) is 5.32 Å². The average Bonchev–Trinajstić information content (AvgIpc) is 2.69. The van der Waals surface area contributed by atoms with Crippen molar-refractivity contribution < 1.29 is 24.2 Å². The second kappa shape index (κ2) is 8.61. The summed E-state index contributed by atoms with van der Waals surface area (Å²) in [5.74, 6) is 0.0792. The van der Waals surface area contributed by atoms with Crippen molar-refractivity contribution in [3.8, 4) is 11.5 Å². The number of carboxylic acid groups (broad SMARTS) is 1. The molecule has 2 aromatic carbocycles. The van der Waals surface area contributed by atoms with Crippen molar-refractivity contribution in [2.24, 2.45) is 0 Å². The lowest BCUT2D eigenvalue weighted by Gasteiger charge is -2.37. The molecule has 0 spiro atoms. The molecule has 0 radical (unpaired) electrons. The van der Waals surface area contributed by atoms with Crippen LogP contribution in [0.4, 0.5) is 10.5 Å². The summed E-state index contributed by atoms with van der Waals surface area (Å²) in [5, 5.41) is 12.8. The van der Waals surface area contributed by atoms with Gasteiger partial charge in [0.25, 0.3) is 0 Å². The molecule has 1 aliphatic heterocycles. The van der Waals surface area contributed by atoms with Crippen molar-refractivity contribution in [2.45, 2.75) is 25.8 Å². The predicted molar refractivity (Wildman–Crippen MR) is 110 cm³/mol. The Labute approximate surface area is 174 Å². The zero-order chi connectivity index (χ0) is 21.1. The van der Waals surface area contributed by atoms with Gasteiger partial charge in [0.1, 0.15) is 0 Å². The third-order valence-electron chi connectivity index (χ3n) is 5.05. The first kappa shape index (κ1) is 20.8. The molecule has 0 aromatic heterocycles. The number of anilines is 1. The zero-order valence-corrected chi connectivity index (χ0v) is 17.2. The molecular weight excluding hydrogens is 396 g/mol. The SMILES string of the molecule is COc1cc2c(cc1OC)C(CC(=O)O)N(C(=O)Nc1ccc(C)c(Cl)c1)CC2. The monoisotopic (exact) mass is 418 g/mol. The fraction of sp³-hybridized carbons (Fsp3) is 0.333. The van der Waals surface area contributed by atoms with Crippen molar-refractivity contribution >= 4 is 29.3 Å². The van der Waals surface area contributed by atoms with Gasteiger partial charge in [-0.2, -0.15) is 0 Å². The van der Waals surface area contributed by atoms with E-state index in [1.807, 2.05) is 19.1 Å². The Morgan fingerprint density at radius 3 is 2.52 bits per heavy atom. The fourth-order valence-corrected chi connectivity index (χ4v) is 3.70. The van der Waals surface area contributed by atoms with E-state index in [4.69, 9.17) is 21.1 Å². The molecule has 0 saturated carbocycles. The number of aliphatic carboxylic acids is 1. The van der Waals surface area contributed by atoms with Gasteiger partial charge < -0.3 is 24.8 Å². The maximum Gasteiger partial charge on any atom is 0.322 e. The van der Waals surface area contributed by atoms with Gasteiger partial charge >= 0.3 is 12.0 Å². The highest BCUT2D eigenvalue weighted by molar-refractivity contribution is 6.31. The number of fused-ring (bicyclic) bond motifs is 1. The maximum absolute atomic E-state index is 13.0. The van der Waals surface area contributed by atoms with Gasteiger partial charge in [0.15, 0.2) is 11.5 Å². The van der Waals surface area contributed by atoms with Gasteiger partial charge in [0.2, 0.25) is 0 Å². The molecule has 7 nitrogen and oxygen atoms in total. The van der Waals surface area contributed by atoms with Gasteiger partial charge in [-0.05, 0) is 54.3 Å². The number of urea groups is 1. The molecule has 8 heteroatoms. The minimum absolute atomic E-state index is 0.218. The van der Waals surface area contributed by atoms with Gasteiger partial charge in [-0.15, -0.1) is 0 Å². The molecular formula is C21H23ClN2O5. The summed E-state index contributed by atoms with van der Waals surface area (Å²) in [6.45, 7) is 2.26. The summed E-state index contributed by atoms with van der Waals surface area (Å²) in [6, 6.07) is 7.84. The van der Waals surface area contributed by atoms with E-state index in [1.165, 1.54) is 12.0 Å². The number of carbonyl (C=O) groups excluding carboxylic acids is 1. The number of nitrogens with one attached hydrogen (secondary N) is 1. The minimum Gasteiger partial charge on any atom is -0.493 e. The molecule has 2 N–H and O–H groups in total. The number of rotatable bonds is 5. The van der Waals surface area contributed by atoms with E-state index < -0.39 is 12.0 Å². The topological polar surface area (TPSA) is 88.1 Å². The summed E-state index contributed by atoms with van der Waals surface area (Å²) < 4.78 is 10.7. The molecule has 0 aliphatic carbocycles. The maximum atomic E-state index is 13.0. The highest BCUT2D eigenvalue weighted by Crippen LogP contribution is 2.39. The van der Waals surface area contributed by atoms with E-state index in [0.717, 1.165) is 16.7 Å². The summed E-state index contributed by atoms with van der Waals surface area (Å²) in [4.78, 5) is 26.0. The smallest absolute Gasteiger partial charge is 0.322 e. The van der Waals surface area contributed by atoms with Crippen LogP contribution in [0.2, 0.25) is 5.02 Å². The van der Waals surface area contributed by atoms with Crippen LogP contribution in [0.1, 0.15) is 29.2 Å². The van der Waals surface area contributed by atoms with Crippen LogP contribution in [0.25, 0.3) is 0 Å². The van der Waals surface area contributed by atoms with E-state index >= 15 is 0 Å². The van der Waals surface area contributed by atoms with Crippen LogP contribution in [-0.4, -0.2) is 42.8 Å². The van der Waals surface area contributed by atoms with Crippen LogP contribution in [-0.2, 0) is 11.2 Å². The first-order chi connectivity index (χ1) is 13.8. The van der Waals surface area contributed by atoms with Gasteiger partial charge in [-0.25, -0.2) is 4.79 Å². The van der Waals surface area contributed by atoms with Crippen LogP contribution in [0, 0.1) is 6.92 Å². The molecule has 1 atom stereocenters. The van der Waals surface area contributed by atoms with E-state index in [1.54, 1.807) is 25.3 Å². The zero-order valence-electron chi connectivity index (χ0n) is 16.5. The van der Waals surface area contributed by atoms with Crippen molar-refractivity contribution in [1.29, 1.82) is 0 Å². The van der Waals surface area contributed by atoms with E-state index in [0.29, 0.717) is 35.2 Å². The van der Waals surface area contributed by atoms with Crippen molar-refractivity contribution in [1.82, 2.24) is 4.90 Å². The number of nitrogens with zero attached hydrogens (tertiary/aromatic N) is 1. The largest absolute Gasteiger partial charge is 0.493 e. The molecule has 154 valence electrons. The van der Waals surface area contributed by atoms with Crippen molar-refractivity contribution in [3.05, 3.63) is 52.0 Å². The third kappa shape index (κ3) is 4.40. The van der Waals surface area contributed by atoms with Crippen LogP contribution < -0.4 is 14.8 Å². The lowest BCUT2D eigenvalue weighted by Crippen LogP contribution is -2.43. The number of ether oxygens (including phenoxy) is 2. The molecule has 1 heterocycles. The quantitative estimate of drug-likeness (QED) is 0.756. The second-order valence-electron chi connectivity index (χ2n) is 6.86. The predicted octanol–water partition coefficient (Wildman–Crippen LogP) is 4.27. The summed E-state index contributed by atoms with van der Waals surface area (Å²) in [5.41, 5.74) is 3.14. The number of carboxylic acids is 1. The standard InChI is InChI=1S/C21H23ClN2O5/c1-12-4-5-14(9-16(12)22)23-21(27)24-7-6-13-8-18(28-2)19(29-3)10-15(13)17(24)11-20(25)26/h4-5,8-10,17H,6-7,11H2,1-3H3,(H,23,27)(H,25,26). The van der Waals surface area contributed by atoms with Crippen LogP contribution in [0.5, 0.6) is 11.5 Å². The highest BCUT2D eigenvalue weighted by Gasteiger charge is 2.33. The highest BCUT2D eigenvalue weighted by atomic mass is 35.5. The Morgan fingerprint density at radius 1 is 1.21 bits per heavy atom. The average molecular weight is 419 g/mol. The Hall–Kier alpha value is -2.93. The van der Waals surface area contributed by atoms with Crippen molar-refractivity contribution in [3.63, 3.8) is 0 Å². The summed E-state index contributed by atoms with van der Waals surface area (Å²) >= 11 is 6.14. The first-order valence-corrected chi connectivity index (χ1v) is 9.52. The number of hydrogen-bond acceptors (Lipinski definition) is 4. The number of hydrogen-bond donors (Lipinski definition) is 2. The molecule has 0 fully saturated rings. The second-order valence-corrected chi connectivity index (χ2v) is 7.26. The van der Waals surface area contributed by atoms with Crippen LogP contribution in [0.3, 0.4) is 0 Å². The number of amides is 2. The normalized spacial score (nSPS) is 15.4. The lowest BCUT2D eigenvalue weighted by atomic mass is 9.90. The third-order valence-corrected chi connectivity index (χ3v) is 5.46. The van der Waals surface area contributed by atoms with E-state index in [9.17, 15) is 14.7 Å². The molecule has 2 aromatic rings. The Bertz CT molecular complexity index is 947. The first-order valence-electron chi connectivity index (χ1n) is 9.14. The van der Waals surface area contributed by atoms with E-state index in [-0.39, 0.29) is 12.5 Å². The number of aryl methyl sites for hydroxylation is 1. The van der Waals surface area contributed by atoms with Gasteiger partial charge in [-0.1, -0.05) is 17.7 Å². The molecule has 3 rings (SSSR count). The Balaban J connectivity index is 1.93. The van der Waals surface area contributed by atoms with Gasteiger partial charge in [-0.3, -0.25) is 4.79 Å². The summed E-state index contributed by atoms with van der Waals surface area (Å²) in [7, 11) is 3.07.